The maximum atomic E-state index is 13.1. The number of hydrogen-bond donors (Lipinski definition) is 0. The van der Waals surface area contributed by atoms with Crippen molar-refractivity contribution in [2.45, 2.75) is 0 Å². The summed E-state index contributed by atoms with van der Waals surface area (Å²) in [6, 6.07) is 19.0. The zero-order valence-corrected chi connectivity index (χ0v) is 16.6. The van der Waals surface area contributed by atoms with Gasteiger partial charge in [-0.3, -0.25) is 4.79 Å². The summed E-state index contributed by atoms with van der Waals surface area (Å²) < 4.78 is 13.0. The lowest BCUT2D eigenvalue weighted by Crippen LogP contribution is -2.01. The molecule has 0 saturated carbocycles. The normalized spacial score (nSPS) is 10.8. The standard InChI is InChI=1S/C21H12Br2O3/c22-15-5-1-13(2-6-15)17-9-11-25-20(17)19(24)21-18(10-12-26-21)14-3-7-16(23)8-4-14/h1-12H. The predicted octanol–water partition coefficient (Wildman–Crippen LogP) is 6.96. The molecule has 0 saturated heterocycles. The van der Waals surface area contributed by atoms with Crippen LogP contribution < -0.4 is 0 Å². The van der Waals surface area contributed by atoms with E-state index >= 15 is 0 Å². The molecule has 128 valence electrons. The quantitative estimate of drug-likeness (QED) is 0.302. The van der Waals surface area contributed by atoms with Crippen molar-refractivity contribution in [2.24, 2.45) is 0 Å². The lowest BCUT2D eigenvalue weighted by molar-refractivity contribution is 0.0985. The first-order valence-electron chi connectivity index (χ1n) is 7.85. The molecule has 0 unspecified atom stereocenters. The minimum atomic E-state index is -0.282. The third kappa shape index (κ3) is 3.20. The van der Waals surface area contributed by atoms with Crippen LogP contribution in [0.1, 0.15) is 16.3 Å². The Kier molecular flexibility index (Phi) is 4.66. The first kappa shape index (κ1) is 17.1. The Morgan fingerprint density at radius 3 is 1.38 bits per heavy atom. The summed E-state index contributed by atoms with van der Waals surface area (Å²) in [5.74, 6) is 0.247. The number of hydrogen-bond acceptors (Lipinski definition) is 3. The number of benzene rings is 2. The Morgan fingerprint density at radius 2 is 1.00 bits per heavy atom. The molecule has 26 heavy (non-hydrogen) atoms. The van der Waals surface area contributed by atoms with E-state index < -0.39 is 0 Å². The van der Waals surface area contributed by atoms with Crippen LogP contribution in [0.15, 0.2) is 91.0 Å². The van der Waals surface area contributed by atoms with Gasteiger partial charge >= 0.3 is 0 Å². The molecule has 2 aromatic heterocycles. The van der Waals surface area contributed by atoms with Crippen LogP contribution in [0.5, 0.6) is 0 Å². The number of carbonyl (C=O) groups is 1. The second-order valence-corrected chi connectivity index (χ2v) is 7.50. The molecule has 0 aliphatic heterocycles. The minimum absolute atomic E-state index is 0.264. The van der Waals surface area contributed by atoms with E-state index in [1.807, 2.05) is 48.5 Å². The van der Waals surface area contributed by atoms with Gasteiger partial charge in [0.2, 0.25) is 0 Å². The lowest BCUT2D eigenvalue weighted by Gasteiger charge is -2.04. The van der Waals surface area contributed by atoms with Gasteiger partial charge in [0.1, 0.15) is 0 Å². The van der Waals surface area contributed by atoms with Gasteiger partial charge in [0, 0.05) is 20.1 Å². The van der Waals surface area contributed by atoms with Crippen LogP contribution in [0.25, 0.3) is 22.3 Å². The third-order valence-electron chi connectivity index (χ3n) is 4.05. The fourth-order valence-electron chi connectivity index (χ4n) is 2.79. The van der Waals surface area contributed by atoms with E-state index in [-0.39, 0.29) is 17.3 Å². The number of carbonyl (C=O) groups excluding carboxylic acids is 1. The van der Waals surface area contributed by atoms with Crippen molar-refractivity contribution in [1.29, 1.82) is 0 Å². The molecule has 2 aromatic carbocycles. The van der Waals surface area contributed by atoms with Gasteiger partial charge in [-0.2, -0.15) is 0 Å². The molecule has 5 heteroatoms. The average molecular weight is 472 g/mol. The van der Waals surface area contributed by atoms with E-state index in [0.717, 1.165) is 31.2 Å². The molecule has 0 aliphatic carbocycles. The van der Waals surface area contributed by atoms with Gasteiger partial charge in [0.15, 0.2) is 11.5 Å². The maximum Gasteiger partial charge on any atom is 0.264 e. The Labute approximate surface area is 166 Å². The minimum Gasteiger partial charge on any atom is -0.460 e. The smallest absolute Gasteiger partial charge is 0.264 e. The third-order valence-corrected chi connectivity index (χ3v) is 5.11. The van der Waals surface area contributed by atoms with E-state index in [4.69, 9.17) is 8.83 Å². The van der Waals surface area contributed by atoms with Crippen LogP contribution in [-0.2, 0) is 0 Å². The molecular weight excluding hydrogens is 460 g/mol. The van der Waals surface area contributed by atoms with Crippen molar-refractivity contribution in [1.82, 2.24) is 0 Å². The van der Waals surface area contributed by atoms with Crippen LogP contribution in [0.4, 0.5) is 0 Å². The highest BCUT2D eigenvalue weighted by molar-refractivity contribution is 9.10. The van der Waals surface area contributed by atoms with Crippen molar-refractivity contribution in [3.63, 3.8) is 0 Å². The largest absolute Gasteiger partial charge is 0.460 e. The van der Waals surface area contributed by atoms with E-state index in [9.17, 15) is 4.79 Å². The molecule has 0 bridgehead atoms. The van der Waals surface area contributed by atoms with Gasteiger partial charge in [-0.05, 0) is 47.5 Å². The highest BCUT2D eigenvalue weighted by atomic mass is 79.9. The van der Waals surface area contributed by atoms with Gasteiger partial charge in [0.05, 0.1) is 12.5 Å². The molecule has 3 nitrogen and oxygen atoms in total. The molecule has 0 atom stereocenters. The first-order chi connectivity index (χ1) is 12.6. The van der Waals surface area contributed by atoms with Crippen molar-refractivity contribution in [3.8, 4) is 22.3 Å². The highest BCUT2D eigenvalue weighted by Gasteiger charge is 2.24. The van der Waals surface area contributed by atoms with Crippen molar-refractivity contribution < 1.29 is 13.6 Å². The summed E-state index contributed by atoms with van der Waals surface area (Å²) in [5.41, 5.74) is 3.28. The van der Waals surface area contributed by atoms with Crippen LogP contribution in [0.2, 0.25) is 0 Å². The van der Waals surface area contributed by atoms with Crippen LogP contribution in [0, 0.1) is 0 Å². The molecule has 0 N–H and O–H groups in total. The molecule has 0 amide bonds. The van der Waals surface area contributed by atoms with Crippen molar-refractivity contribution in [3.05, 3.63) is 93.7 Å². The summed E-state index contributed by atoms with van der Waals surface area (Å²) in [4.78, 5) is 13.1. The molecule has 0 aliphatic rings. The fraction of sp³-hybridized carbons (Fsp3) is 0. The molecule has 4 aromatic rings. The predicted molar refractivity (Wildman–Crippen MR) is 107 cm³/mol. The topological polar surface area (TPSA) is 43.4 Å². The van der Waals surface area contributed by atoms with Gasteiger partial charge < -0.3 is 8.83 Å². The zero-order chi connectivity index (χ0) is 18.1. The Morgan fingerprint density at radius 1 is 0.615 bits per heavy atom. The van der Waals surface area contributed by atoms with Crippen LogP contribution in [0.3, 0.4) is 0 Å². The van der Waals surface area contributed by atoms with Crippen LogP contribution >= 0.6 is 31.9 Å². The molecule has 0 spiro atoms. The molecule has 0 radical (unpaired) electrons. The Balaban J connectivity index is 1.75. The molecule has 2 heterocycles. The first-order valence-corrected chi connectivity index (χ1v) is 9.43. The number of halogens is 2. The van der Waals surface area contributed by atoms with Crippen molar-refractivity contribution >= 4 is 37.6 Å². The van der Waals surface area contributed by atoms with E-state index in [0.29, 0.717) is 0 Å². The van der Waals surface area contributed by atoms with Crippen molar-refractivity contribution in [2.75, 3.05) is 0 Å². The number of furan rings is 2. The maximum absolute atomic E-state index is 13.1. The Hall–Kier alpha value is -2.37. The van der Waals surface area contributed by atoms with E-state index in [1.165, 1.54) is 12.5 Å². The summed E-state index contributed by atoms with van der Waals surface area (Å²) in [7, 11) is 0. The van der Waals surface area contributed by atoms with E-state index in [1.54, 1.807) is 12.1 Å². The highest BCUT2D eigenvalue weighted by Crippen LogP contribution is 2.32. The van der Waals surface area contributed by atoms with Gasteiger partial charge in [0.25, 0.3) is 5.78 Å². The summed E-state index contributed by atoms with van der Waals surface area (Å²) in [6.45, 7) is 0. The molecular formula is C21H12Br2O3. The zero-order valence-electron chi connectivity index (χ0n) is 13.4. The number of ketones is 1. The van der Waals surface area contributed by atoms with Crippen LogP contribution in [-0.4, -0.2) is 5.78 Å². The lowest BCUT2D eigenvalue weighted by atomic mass is 10.00. The fourth-order valence-corrected chi connectivity index (χ4v) is 3.32. The molecule has 4 rings (SSSR count). The molecule has 0 fully saturated rings. The van der Waals surface area contributed by atoms with E-state index in [2.05, 4.69) is 31.9 Å². The Bertz CT molecular complexity index is 972. The van der Waals surface area contributed by atoms with Gasteiger partial charge in [-0.15, -0.1) is 0 Å². The van der Waals surface area contributed by atoms with Gasteiger partial charge in [-0.1, -0.05) is 56.1 Å². The summed E-state index contributed by atoms with van der Waals surface area (Å²) >= 11 is 6.84. The second kappa shape index (κ2) is 7.09. The average Bonchev–Trinajstić information content (AvgIpc) is 3.32. The van der Waals surface area contributed by atoms with Gasteiger partial charge in [-0.25, -0.2) is 0 Å². The number of rotatable bonds is 4. The SMILES string of the molecule is O=C(c1occc1-c1ccc(Br)cc1)c1occc1-c1ccc(Br)cc1. The monoisotopic (exact) mass is 470 g/mol. The second-order valence-electron chi connectivity index (χ2n) is 5.67. The summed E-state index contributed by atoms with van der Waals surface area (Å²) in [5, 5.41) is 0. The summed E-state index contributed by atoms with van der Waals surface area (Å²) in [6.07, 6.45) is 3.04.